The van der Waals surface area contributed by atoms with Gasteiger partial charge in [-0.25, -0.2) is 8.42 Å². The molecule has 2 N–H and O–H groups in total. The SMILES string of the molecule is Nc1ccc(S(=O)(=O)N(CC2CC2)CC2CC2)cc1. The van der Waals surface area contributed by atoms with E-state index in [0.29, 0.717) is 35.5 Å². The molecule has 0 heterocycles. The normalized spacial score (nSPS) is 19.8. The zero-order valence-corrected chi connectivity index (χ0v) is 11.8. The lowest BCUT2D eigenvalue weighted by Gasteiger charge is -2.22. The number of hydrogen-bond acceptors (Lipinski definition) is 3. The van der Waals surface area contributed by atoms with Crippen LogP contribution in [-0.2, 0) is 10.0 Å². The molecule has 0 unspecified atom stereocenters. The second kappa shape index (κ2) is 4.80. The van der Waals surface area contributed by atoms with E-state index in [1.54, 1.807) is 28.6 Å². The third-order valence-electron chi connectivity index (χ3n) is 3.84. The standard InChI is InChI=1S/C14H20N2O2S/c15-13-5-7-14(8-6-13)19(17,18)16(9-11-1-2-11)10-12-3-4-12/h5-8,11-12H,1-4,9-10,15H2. The van der Waals surface area contributed by atoms with Crippen LogP contribution in [0.15, 0.2) is 29.2 Å². The van der Waals surface area contributed by atoms with Gasteiger partial charge >= 0.3 is 0 Å². The number of nitrogens with two attached hydrogens (primary N) is 1. The fourth-order valence-electron chi connectivity index (χ4n) is 2.24. The van der Waals surface area contributed by atoms with Crippen molar-refractivity contribution in [1.29, 1.82) is 0 Å². The molecule has 2 saturated carbocycles. The number of sulfonamides is 1. The second-order valence-corrected chi connectivity index (χ2v) is 7.72. The van der Waals surface area contributed by atoms with Gasteiger partial charge in [-0.2, -0.15) is 4.31 Å². The summed E-state index contributed by atoms with van der Waals surface area (Å²) in [5, 5.41) is 0. The number of nitrogens with zero attached hydrogens (tertiary/aromatic N) is 1. The minimum Gasteiger partial charge on any atom is -0.399 e. The minimum absolute atomic E-state index is 0.364. The van der Waals surface area contributed by atoms with Gasteiger partial charge in [0.1, 0.15) is 0 Å². The quantitative estimate of drug-likeness (QED) is 0.811. The third-order valence-corrected chi connectivity index (χ3v) is 5.68. The Bertz CT molecular complexity index is 531. The van der Waals surface area contributed by atoms with Crippen LogP contribution < -0.4 is 5.73 Å². The van der Waals surface area contributed by atoms with Crippen molar-refractivity contribution in [1.82, 2.24) is 4.31 Å². The summed E-state index contributed by atoms with van der Waals surface area (Å²) in [6.07, 6.45) is 4.66. The summed E-state index contributed by atoms with van der Waals surface area (Å²) >= 11 is 0. The second-order valence-electron chi connectivity index (χ2n) is 5.78. The van der Waals surface area contributed by atoms with Gasteiger partial charge in [-0.15, -0.1) is 0 Å². The molecule has 2 aliphatic rings. The van der Waals surface area contributed by atoms with E-state index < -0.39 is 10.0 Å². The fourth-order valence-corrected chi connectivity index (χ4v) is 3.83. The Morgan fingerprint density at radius 3 is 1.89 bits per heavy atom. The van der Waals surface area contributed by atoms with E-state index in [1.165, 1.54) is 25.7 Å². The van der Waals surface area contributed by atoms with Gasteiger partial charge in [-0.1, -0.05) is 0 Å². The number of benzene rings is 1. The van der Waals surface area contributed by atoms with Crippen LogP contribution in [0.2, 0.25) is 0 Å². The first-order chi connectivity index (χ1) is 9.05. The van der Waals surface area contributed by atoms with E-state index in [2.05, 4.69) is 0 Å². The molecule has 0 atom stereocenters. The Hall–Kier alpha value is -1.07. The average Bonchev–Trinajstić information content (AvgIpc) is 3.23. The lowest BCUT2D eigenvalue weighted by molar-refractivity contribution is 0.382. The van der Waals surface area contributed by atoms with Gasteiger partial charge in [-0.05, 0) is 61.8 Å². The first kappa shape index (κ1) is 12.9. The molecule has 3 rings (SSSR count). The van der Waals surface area contributed by atoms with Crippen molar-refractivity contribution in [2.45, 2.75) is 30.6 Å². The van der Waals surface area contributed by atoms with Crippen LogP contribution in [0.1, 0.15) is 25.7 Å². The molecule has 19 heavy (non-hydrogen) atoms. The monoisotopic (exact) mass is 280 g/mol. The molecule has 2 aliphatic carbocycles. The zero-order chi connectivity index (χ0) is 13.5. The molecule has 5 heteroatoms. The van der Waals surface area contributed by atoms with E-state index in [1.807, 2.05) is 0 Å². The Balaban J connectivity index is 1.82. The van der Waals surface area contributed by atoms with Crippen LogP contribution in [0.4, 0.5) is 5.69 Å². The molecule has 0 bridgehead atoms. The topological polar surface area (TPSA) is 63.4 Å². The molecule has 0 aromatic heterocycles. The summed E-state index contributed by atoms with van der Waals surface area (Å²) in [7, 11) is -3.35. The predicted octanol–water partition coefficient (Wildman–Crippen LogP) is 2.08. The summed E-state index contributed by atoms with van der Waals surface area (Å²) in [6, 6.07) is 6.52. The minimum atomic E-state index is -3.35. The van der Waals surface area contributed by atoms with Crippen molar-refractivity contribution in [3.05, 3.63) is 24.3 Å². The molecular formula is C14H20N2O2S. The summed E-state index contributed by atoms with van der Waals surface area (Å²) in [4.78, 5) is 0.364. The van der Waals surface area contributed by atoms with Crippen LogP contribution >= 0.6 is 0 Å². The van der Waals surface area contributed by atoms with Crippen LogP contribution in [-0.4, -0.2) is 25.8 Å². The Morgan fingerprint density at radius 2 is 1.47 bits per heavy atom. The molecule has 0 amide bonds. The fraction of sp³-hybridized carbons (Fsp3) is 0.571. The van der Waals surface area contributed by atoms with Crippen LogP contribution in [0.5, 0.6) is 0 Å². The van der Waals surface area contributed by atoms with Gasteiger partial charge in [0.15, 0.2) is 0 Å². The Kier molecular flexibility index (Phi) is 3.27. The average molecular weight is 280 g/mol. The van der Waals surface area contributed by atoms with Gasteiger partial charge < -0.3 is 5.73 Å². The van der Waals surface area contributed by atoms with Crippen LogP contribution in [0.3, 0.4) is 0 Å². The van der Waals surface area contributed by atoms with Crippen molar-refractivity contribution in [2.75, 3.05) is 18.8 Å². The molecule has 2 fully saturated rings. The lowest BCUT2D eigenvalue weighted by atomic mass is 10.3. The van der Waals surface area contributed by atoms with Gasteiger partial charge in [0.25, 0.3) is 0 Å². The molecule has 0 aliphatic heterocycles. The largest absolute Gasteiger partial charge is 0.399 e. The van der Waals surface area contributed by atoms with Gasteiger partial charge in [0, 0.05) is 18.8 Å². The number of hydrogen-bond donors (Lipinski definition) is 1. The van der Waals surface area contributed by atoms with E-state index in [9.17, 15) is 8.42 Å². The van der Waals surface area contributed by atoms with Gasteiger partial charge in [-0.3, -0.25) is 0 Å². The Morgan fingerprint density at radius 1 is 1.00 bits per heavy atom. The highest BCUT2D eigenvalue weighted by Gasteiger charge is 2.35. The lowest BCUT2D eigenvalue weighted by Crippen LogP contribution is -2.34. The van der Waals surface area contributed by atoms with Crippen molar-refractivity contribution >= 4 is 15.7 Å². The molecule has 1 aromatic carbocycles. The summed E-state index contributed by atoms with van der Waals surface area (Å²) in [6.45, 7) is 1.37. The number of anilines is 1. The summed E-state index contributed by atoms with van der Waals surface area (Å²) in [5.74, 6) is 1.14. The first-order valence-electron chi connectivity index (χ1n) is 6.91. The maximum absolute atomic E-state index is 12.7. The molecule has 0 radical (unpaired) electrons. The summed E-state index contributed by atoms with van der Waals surface area (Å²) < 4.78 is 27.0. The van der Waals surface area contributed by atoms with Gasteiger partial charge in [0.2, 0.25) is 10.0 Å². The highest BCUT2D eigenvalue weighted by molar-refractivity contribution is 7.89. The highest BCUT2D eigenvalue weighted by Crippen LogP contribution is 2.35. The van der Waals surface area contributed by atoms with Crippen LogP contribution in [0, 0.1) is 11.8 Å². The van der Waals surface area contributed by atoms with Crippen LogP contribution in [0.25, 0.3) is 0 Å². The number of nitrogen functional groups attached to an aromatic ring is 1. The van der Waals surface area contributed by atoms with E-state index in [0.717, 1.165) is 0 Å². The number of rotatable bonds is 6. The molecular weight excluding hydrogens is 260 g/mol. The van der Waals surface area contributed by atoms with E-state index >= 15 is 0 Å². The molecule has 104 valence electrons. The zero-order valence-electron chi connectivity index (χ0n) is 11.0. The van der Waals surface area contributed by atoms with Crippen molar-refractivity contribution in [2.24, 2.45) is 11.8 Å². The Labute approximate surface area is 114 Å². The maximum Gasteiger partial charge on any atom is 0.243 e. The van der Waals surface area contributed by atoms with Gasteiger partial charge in [0.05, 0.1) is 4.90 Å². The maximum atomic E-state index is 12.7. The van der Waals surface area contributed by atoms with E-state index in [4.69, 9.17) is 5.73 Å². The van der Waals surface area contributed by atoms with E-state index in [-0.39, 0.29) is 0 Å². The van der Waals surface area contributed by atoms with Crippen molar-refractivity contribution < 1.29 is 8.42 Å². The summed E-state index contributed by atoms with van der Waals surface area (Å²) in [5.41, 5.74) is 6.21. The smallest absolute Gasteiger partial charge is 0.243 e. The molecule has 0 saturated heterocycles. The highest BCUT2D eigenvalue weighted by atomic mass is 32.2. The third kappa shape index (κ3) is 3.09. The molecule has 1 aromatic rings. The molecule has 4 nitrogen and oxygen atoms in total. The van der Waals surface area contributed by atoms with Crippen molar-refractivity contribution in [3.8, 4) is 0 Å². The predicted molar refractivity (Wildman–Crippen MR) is 75.1 cm³/mol. The van der Waals surface area contributed by atoms with Crippen molar-refractivity contribution in [3.63, 3.8) is 0 Å². The first-order valence-corrected chi connectivity index (χ1v) is 8.35. The molecule has 0 spiro atoms.